The summed E-state index contributed by atoms with van der Waals surface area (Å²) in [6, 6.07) is 0.561. The molecule has 0 aromatic rings. The van der Waals surface area contributed by atoms with Crippen LogP contribution in [-0.4, -0.2) is 35.7 Å². The van der Waals surface area contributed by atoms with Gasteiger partial charge in [-0.15, -0.1) is 6.58 Å². The van der Waals surface area contributed by atoms with E-state index in [1.54, 1.807) is 0 Å². The number of hydrogen-bond donors (Lipinski definition) is 1. The van der Waals surface area contributed by atoms with E-state index in [0.717, 1.165) is 19.4 Å². The minimum Gasteiger partial charge on any atom is -0.393 e. The standard InChI is InChI=1S/C14H27NO/c1-5-7-11(2)12(3)15(4)10-13-8-6-9-14(13)16/h5,11-14,16H,1,6-10H2,2-4H3. The van der Waals surface area contributed by atoms with Gasteiger partial charge in [-0.3, -0.25) is 0 Å². The van der Waals surface area contributed by atoms with Crippen molar-refractivity contribution in [1.29, 1.82) is 0 Å². The van der Waals surface area contributed by atoms with Gasteiger partial charge < -0.3 is 10.0 Å². The average Bonchev–Trinajstić information content (AvgIpc) is 2.63. The maximum atomic E-state index is 9.82. The van der Waals surface area contributed by atoms with Crippen molar-refractivity contribution in [1.82, 2.24) is 4.90 Å². The molecule has 4 atom stereocenters. The number of aliphatic hydroxyl groups excluding tert-OH is 1. The van der Waals surface area contributed by atoms with Gasteiger partial charge in [0.05, 0.1) is 6.10 Å². The Balaban J connectivity index is 2.38. The highest BCUT2D eigenvalue weighted by Gasteiger charge is 2.28. The Hall–Kier alpha value is -0.340. The van der Waals surface area contributed by atoms with Crippen LogP contribution >= 0.6 is 0 Å². The molecule has 1 rings (SSSR count). The van der Waals surface area contributed by atoms with Crippen LogP contribution < -0.4 is 0 Å². The second-order valence-corrected chi connectivity index (χ2v) is 5.44. The lowest BCUT2D eigenvalue weighted by Crippen LogP contribution is -2.39. The van der Waals surface area contributed by atoms with E-state index in [9.17, 15) is 5.11 Å². The molecule has 4 unspecified atom stereocenters. The Kier molecular flexibility index (Phi) is 5.50. The highest BCUT2D eigenvalue weighted by Crippen LogP contribution is 2.27. The lowest BCUT2D eigenvalue weighted by molar-refractivity contribution is 0.0894. The lowest BCUT2D eigenvalue weighted by Gasteiger charge is -2.32. The van der Waals surface area contributed by atoms with Crippen LogP contribution in [-0.2, 0) is 0 Å². The van der Waals surface area contributed by atoms with Crippen molar-refractivity contribution < 1.29 is 5.11 Å². The van der Waals surface area contributed by atoms with Crippen molar-refractivity contribution in [3.8, 4) is 0 Å². The van der Waals surface area contributed by atoms with Crippen LogP contribution in [0.5, 0.6) is 0 Å². The minimum absolute atomic E-state index is 0.0654. The average molecular weight is 225 g/mol. The van der Waals surface area contributed by atoms with Gasteiger partial charge in [0, 0.05) is 12.6 Å². The SMILES string of the molecule is C=CCC(C)C(C)N(C)CC1CCCC1O. The van der Waals surface area contributed by atoms with Crippen LogP contribution in [0.3, 0.4) is 0 Å². The molecule has 1 saturated carbocycles. The number of aliphatic hydroxyl groups is 1. The van der Waals surface area contributed by atoms with E-state index < -0.39 is 0 Å². The van der Waals surface area contributed by atoms with Crippen LogP contribution in [0.2, 0.25) is 0 Å². The van der Waals surface area contributed by atoms with Crippen LogP contribution in [0, 0.1) is 11.8 Å². The Morgan fingerprint density at radius 1 is 1.44 bits per heavy atom. The number of hydrogen-bond acceptors (Lipinski definition) is 2. The summed E-state index contributed by atoms with van der Waals surface area (Å²) in [4.78, 5) is 2.40. The quantitative estimate of drug-likeness (QED) is 0.703. The molecule has 1 fully saturated rings. The molecule has 2 heteroatoms. The fourth-order valence-corrected chi connectivity index (χ4v) is 2.66. The van der Waals surface area contributed by atoms with Crippen LogP contribution in [0.25, 0.3) is 0 Å². The molecule has 1 N–H and O–H groups in total. The number of rotatable bonds is 6. The fourth-order valence-electron chi connectivity index (χ4n) is 2.66. The molecule has 94 valence electrons. The van der Waals surface area contributed by atoms with E-state index in [4.69, 9.17) is 0 Å². The first-order valence-corrected chi connectivity index (χ1v) is 6.55. The van der Waals surface area contributed by atoms with Crippen molar-refractivity contribution >= 4 is 0 Å². The normalized spacial score (nSPS) is 29.3. The van der Waals surface area contributed by atoms with Crippen molar-refractivity contribution in [3.63, 3.8) is 0 Å². The maximum absolute atomic E-state index is 9.82. The molecule has 1 aliphatic rings. The van der Waals surface area contributed by atoms with Gasteiger partial charge in [-0.05, 0) is 45.1 Å². The largest absolute Gasteiger partial charge is 0.393 e. The van der Waals surface area contributed by atoms with Gasteiger partial charge in [0.1, 0.15) is 0 Å². The van der Waals surface area contributed by atoms with Crippen LogP contribution in [0.4, 0.5) is 0 Å². The third-order valence-corrected chi connectivity index (χ3v) is 4.20. The molecule has 2 nitrogen and oxygen atoms in total. The molecule has 1 aliphatic carbocycles. The Labute approximate surface area is 100 Å². The number of nitrogens with zero attached hydrogens (tertiary/aromatic N) is 1. The Bertz CT molecular complexity index is 217. The first-order chi connectivity index (χ1) is 7.56. The lowest BCUT2D eigenvalue weighted by atomic mass is 9.97. The summed E-state index contributed by atoms with van der Waals surface area (Å²) in [5.74, 6) is 1.13. The van der Waals surface area contributed by atoms with E-state index in [0.29, 0.717) is 17.9 Å². The van der Waals surface area contributed by atoms with Gasteiger partial charge >= 0.3 is 0 Å². The van der Waals surface area contributed by atoms with Crippen molar-refractivity contribution in [2.24, 2.45) is 11.8 Å². The van der Waals surface area contributed by atoms with Crippen molar-refractivity contribution in [2.75, 3.05) is 13.6 Å². The zero-order chi connectivity index (χ0) is 12.1. The second-order valence-electron chi connectivity index (χ2n) is 5.44. The molecule has 0 bridgehead atoms. The molecule has 16 heavy (non-hydrogen) atoms. The molecule has 0 aliphatic heterocycles. The van der Waals surface area contributed by atoms with E-state index in [1.165, 1.54) is 12.8 Å². The third-order valence-electron chi connectivity index (χ3n) is 4.20. The second kappa shape index (κ2) is 6.41. The highest BCUT2D eigenvalue weighted by atomic mass is 16.3. The van der Waals surface area contributed by atoms with Crippen LogP contribution in [0.1, 0.15) is 39.5 Å². The van der Waals surface area contributed by atoms with Crippen molar-refractivity contribution in [3.05, 3.63) is 12.7 Å². The predicted octanol–water partition coefficient (Wildman–Crippen LogP) is 2.68. The molecule has 0 spiro atoms. The summed E-state index contributed by atoms with van der Waals surface area (Å²) in [6.45, 7) is 9.38. The zero-order valence-electron chi connectivity index (χ0n) is 11.0. The zero-order valence-corrected chi connectivity index (χ0v) is 11.0. The summed E-state index contributed by atoms with van der Waals surface area (Å²) in [5, 5.41) is 9.82. The Morgan fingerprint density at radius 3 is 2.62 bits per heavy atom. The molecule has 0 heterocycles. The molecular formula is C14H27NO. The smallest absolute Gasteiger partial charge is 0.0580 e. The summed E-state index contributed by atoms with van der Waals surface area (Å²) >= 11 is 0. The van der Waals surface area contributed by atoms with Gasteiger partial charge in [0.2, 0.25) is 0 Å². The van der Waals surface area contributed by atoms with Gasteiger partial charge in [-0.1, -0.05) is 19.4 Å². The maximum Gasteiger partial charge on any atom is 0.0580 e. The van der Waals surface area contributed by atoms with Gasteiger partial charge in [-0.2, -0.15) is 0 Å². The van der Waals surface area contributed by atoms with Crippen molar-refractivity contribution in [2.45, 2.75) is 51.7 Å². The predicted molar refractivity (Wildman–Crippen MR) is 69.4 cm³/mol. The van der Waals surface area contributed by atoms with Gasteiger partial charge in [-0.25, -0.2) is 0 Å². The van der Waals surface area contributed by atoms with Gasteiger partial charge in [0.25, 0.3) is 0 Å². The molecule has 0 aromatic heterocycles. The highest BCUT2D eigenvalue weighted by molar-refractivity contribution is 4.83. The topological polar surface area (TPSA) is 23.5 Å². The summed E-state index contributed by atoms with van der Waals surface area (Å²) < 4.78 is 0. The van der Waals surface area contributed by atoms with E-state index in [-0.39, 0.29) is 6.10 Å². The molecule has 0 saturated heterocycles. The van der Waals surface area contributed by atoms with E-state index >= 15 is 0 Å². The van der Waals surface area contributed by atoms with Crippen LogP contribution in [0.15, 0.2) is 12.7 Å². The monoisotopic (exact) mass is 225 g/mol. The number of allylic oxidation sites excluding steroid dienone is 1. The van der Waals surface area contributed by atoms with E-state index in [2.05, 4.69) is 32.4 Å². The summed E-state index contributed by atoms with van der Waals surface area (Å²) in [5.41, 5.74) is 0. The first-order valence-electron chi connectivity index (χ1n) is 6.55. The molecule has 0 amide bonds. The van der Waals surface area contributed by atoms with E-state index in [1.807, 2.05) is 6.08 Å². The molecule has 0 aromatic carbocycles. The Morgan fingerprint density at radius 2 is 2.12 bits per heavy atom. The van der Waals surface area contributed by atoms with Gasteiger partial charge in [0.15, 0.2) is 0 Å². The minimum atomic E-state index is -0.0654. The molecule has 0 radical (unpaired) electrons. The fraction of sp³-hybridized carbons (Fsp3) is 0.857. The first kappa shape index (κ1) is 13.7. The third kappa shape index (κ3) is 3.60. The summed E-state index contributed by atoms with van der Waals surface area (Å²) in [6.07, 6.45) is 6.38. The summed E-state index contributed by atoms with van der Waals surface area (Å²) in [7, 11) is 2.18. The molecular weight excluding hydrogens is 198 g/mol.